The molecule has 73 heavy (non-hydrogen) atoms. The lowest BCUT2D eigenvalue weighted by Crippen LogP contribution is -1.94. The molecule has 0 N–H and O–H groups in total. The molecular weight excluding hydrogens is 893 g/mol. The van der Waals surface area contributed by atoms with Crippen LogP contribution < -0.4 is 0 Å². The van der Waals surface area contributed by atoms with Gasteiger partial charge in [-0.15, -0.1) is 0 Å². The zero-order chi connectivity index (χ0) is 47.5. The van der Waals surface area contributed by atoms with Gasteiger partial charge in [-0.1, -0.05) is 134 Å². The molecule has 0 fully saturated rings. The summed E-state index contributed by atoms with van der Waals surface area (Å²) >= 11 is 0. The van der Waals surface area contributed by atoms with Gasteiger partial charge in [-0.25, -0.2) is 0 Å². The highest BCUT2D eigenvalue weighted by molar-refractivity contribution is 6.39. The Balaban J connectivity index is 1.02. The summed E-state index contributed by atoms with van der Waals surface area (Å²) in [4.78, 5) is 0. The van der Waals surface area contributed by atoms with Gasteiger partial charge in [0.1, 0.15) is 11.3 Å². The molecule has 0 saturated heterocycles. The molecule has 8 heterocycles. The summed E-state index contributed by atoms with van der Waals surface area (Å²) in [6.07, 6.45) is 5.75. The Labute approximate surface area is 413 Å². The Morgan fingerprint density at radius 2 is 0.808 bits per heavy atom. The molecule has 6 nitrogen and oxygen atoms in total. The van der Waals surface area contributed by atoms with Crippen molar-refractivity contribution >= 4 is 159 Å². The number of rotatable bonds is 4. The van der Waals surface area contributed by atoms with Crippen LogP contribution in [0.15, 0.2) is 210 Å². The van der Waals surface area contributed by atoms with Crippen molar-refractivity contribution in [1.82, 2.24) is 17.9 Å². The van der Waals surface area contributed by atoms with Crippen molar-refractivity contribution in [2.45, 2.75) is 6.92 Å². The lowest BCUT2D eigenvalue weighted by molar-refractivity contribution is 0.599. The number of furan rings is 2. The lowest BCUT2D eigenvalue weighted by Gasteiger charge is -2.09. The predicted octanol–water partition coefficient (Wildman–Crippen LogP) is 18.3. The SMILES string of the molecule is C=C/C=C\c1oc2c(-n3c4ccccc4c4c5c6ccccc6n6c7cc8c9cc%10c(c%11ccccc%11n%10-c%10cccc%11c%10oc%10ccccc%10%11)c%10c%11ccccc%11n(c8cc7c(cc43)c56)c9%10)cccc2c1C. The van der Waals surface area contributed by atoms with Crippen molar-refractivity contribution in [3.05, 3.63) is 212 Å². The summed E-state index contributed by atoms with van der Waals surface area (Å²) in [5.41, 5.74) is 17.7. The Hall–Kier alpha value is -9.78. The second-order valence-corrected chi connectivity index (χ2v) is 20.0. The highest BCUT2D eigenvalue weighted by Gasteiger charge is 2.29. The van der Waals surface area contributed by atoms with E-state index in [4.69, 9.17) is 8.83 Å². The summed E-state index contributed by atoms with van der Waals surface area (Å²) in [6.45, 7) is 6.06. The Morgan fingerprint density at radius 3 is 1.36 bits per heavy atom. The molecule has 10 aromatic carbocycles. The van der Waals surface area contributed by atoms with Crippen molar-refractivity contribution in [3.63, 3.8) is 0 Å². The molecule has 18 rings (SSSR count). The van der Waals surface area contributed by atoms with Crippen molar-refractivity contribution < 1.29 is 8.83 Å². The molecule has 0 saturated carbocycles. The number of aromatic nitrogens is 4. The van der Waals surface area contributed by atoms with Crippen LogP contribution in [0.3, 0.4) is 0 Å². The summed E-state index contributed by atoms with van der Waals surface area (Å²) in [5.74, 6) is 0.841. The first-order valence-corrected chi connectivity index (χ1v) is 25.0. The van der Waals surface area contributed by atoms with Crippen LogP contribution in [-0.4, -0.2) is 17.9 Å². The van der Waals surface area contributed by atoms with Gasteiger partial charge in [0.05, 0.1) is 66.5 Å². The van der Waals surface area contributed by atoms with E-state index < -0.39 is 0 Å². The molecule has 6 heteroatoms. The molecular formula is C67H38N4O2. The number of hydrogen-bond donors (Lipinski definition) is 0. The molecule has 0 amide bonds. The van der Waals surface area contributed by atoms with Gasteiger partial charge < -0.3 is 26.8 Å². The molecule has 0 aliphatic rings. The predicted molar refractivity (Wildman–Crippen MR) is 305 cm³/mol. The molecule has 8 aromatic heterocycles. The Bertz CT molecular complexity index is 5550. The number of nitrogens with zero attached hydrogens (tertiary/aromatic N) is 4. The van der Waals surface area contributed by atoms with Crippen molar-refractivity contribution in [2.24, 2.45) is 0 Å². The monoisotopic (exact) mass is 930 g/mol. The zero-order valence-electron chi connectivity index (χ0n) is 39.4. The Kier molecular flexibility index (Phi) is 6.85. The van der Waals surface area contributed by atoms with Crippen LogP contribution in [0.4, 0.5) is 0 Å². The van der Waals surface area contributed by atoms with E-state index in [-0.39, 0.29) is 0 Å². The summed E-state index contributed by atoms with van der Waals surface area (Å²) in [5, 5.41) is 18.2. The highest BCUT2D eigenvalue weighted by atomic mass is 16.3. The third-order valence-electron chi connectivity index (χ3n) is 16.5. The number of aryl methyl sites for hydroxylation is 1. The smallest absolute Gasteiger partial charge is 0.159 e. The first kappa shape index (κ1) is 38.0. The number of hydrogen-bond acceptors (Lipinski definition) is 2. The van der Waals surface area contributed by atoms with Crippen molar-refractivity contribution in [1.29, 1.82) is 0 Å². The topological polar surface area (TPSA) is 45.0 Å². The fourth-order valence-electron chi connectivity index (χ4n) is 13.7. The van der Waals surface area contributed by atoms with Crippen LogP contribution in [0.25, 0.3) is 170 Å². The number of allylic oxidation sites excluding steroid dienone is 2. The van der Waals surface area contributed by atoms with Crippen LogP contribution in [0, 0.1) is 6.92 Å². The summed E-state index contributed by atoms with van der Waals surface area (Å²) in [6, 6.07) is 67.2. The maximum atomic E-state index is 6.80. The van der Waals surface area contributed by atoms with E-state index in [0.717, 1.165) is 77.7 Å². The molecule has 0 atom stereocenters. The van der Waals surface area contributed by atoms with E-state index in [1.807, 2.05) is 12.2 Å². The minimum atomic E-state index is 0.841. The maximum absolute atomic E-state index is 6.80. The van der Waals surface area contributed by atoms with E-state index in [2.05, 4.69) is 213 Å². The van der Waals surface area contributed by atoms with Gasteiger partial charge in [-0.3, -0.25) is 0 Å². The average molecular weight is 931 g/mol. The molecule has 0 aliphatic heterocycles. The van der Waals surface area contributed by atoms with E-state index >= 15 is 0 Å². The fraction of sp³-hybridized carbons (Fsp3) is 0.0149. The number of benzene rings is 10. The largest absolute Gasteiger partial charge is 0.454 e. The molecule has 18 aromatic rings. The lowest BCUT2D eigenvalue weighted by atomic mass is 10.0. The van der Waals surface area contributed by atoms with Gasteiger partial charge >= 0.3 is 0 Å². The van der Waals surface area contributed by atoms with Crippen LogP contribution in [0.5, 0.6) is 0 Å². The van der Waals surface area contributed by atoms with E-state index in [0.29, 0.717) is 0 Å². The van der Waals surface area contributed by atoms with Crippen molar-refractivity contribution in [3.8, 4) is 11.4 Å². The Morgan fingerprint density at radius 1 is 0.370 bits per heavy atom. The highest BCUT2D eigenvalue weighted by Crippen LogP contribution is 2.52. The molecule has 0 radical (unpaired) electrons. The fourth-order valence-corrected chi connectivity index (χ4v) is 13.7. The van der Waals surface area contributed by atoms with Crippen LogP contribution >= 0.6 is 0 Å². The van der Waals surface area contributed by atoms with E-state index in [1.54, 1.807) is 6.08 Å². The first-order chi connectivity index (χ1) is 36.1. The summed E-state index contributed by atoms with van der Waals surface area (Å²) < 4.78 is 23.6. The van der Waals surface area contributed by atoms with Gasteiger partial charge in [0.2, 0.25) is 0 Å². The van der Waals surface area contributed by atoms with E-state index in [1.165, 1.54) is 97.7 Å². The third kappa shape index (κ3) is 4.45. The van der Waals surface area contributed by atoms with Crippen LogP contribution in [0.1, 0.15) is 11.3 Å². The molecule has 0 aliphatic carbocycles. The van der Waals surface area contributed by atoms with Crippen molar-refractivity contribution in [2.75, 3.05) is 0 Å². The van der Waals surface area contributed by atoms with Gasteiger partial charge in [0.15, 0.2) is 11.2 Å². The maximum Gasteiger partial charge on any atom is 0.159 e. The number of para-hydroxylation sites is 7. The molecule has 338 valence electrons. The molecule has 0 spiro atoms. The zero-order valence-corrected chi connectivity index (χ0v) is 39.4. The van der Waals surface area contributed by atoms with Gasteiger partial charge in [0, 0.05) is 86.4 Å². The van der Waals surface area contributed by atoms with E-state index in [9.17, 15) is 0 Å². The normalized spacial score (nSPS) is 13.0. The second-order valence-electron chi connectivity index (χ2n) is 20.0. The minimum Gasteiger partial charge on any atom is -0.454 e. The minimum absolute atomic E-state index is 0.841. The second kappa shape index (κ2) is 13.1. The van der Waals surface area contributed by atoms with Crippen LogP contribution in [0.2, 0.25) is 0 Å². The molecule has 0 unspecified atom stereocenters. The van der Waals surface area contributed by atoms with Gasteiger partial charge in [0.25, 0.3) is 0 Å². The standard InChI is InChI=1S/C67H38N4O2/c1-3-4-30-58-36(2)37-22-15-28-52(66(37)72-58)68-48-24-10-5-18-40(48)60-56(68)34-46-44-32-55-45(33-54(44)70-50-26-12-7-20-42(50)62(60)64(46)70)47-35-57-61(63-43-21-8-13-27-51(43)71(55)65(47)63)41-19-6-11-25-49(41)69(57)53-29-16-23-39-38-17-9-14-31-59(38)73-67(39)53/h3-35H,1H2,2H3/b30-4-. The van der Waals surface area contributed by atoms with Gasteiger partial charge in [-0.2, -0.15) is 0 Å². The first-order valence-electron chi connectivity index (χ1n) is 25.0. The van der Waals surface area contributed by atoms with Gasteiger partial charge in [-0.05, 0) is 79.7 Å². The quantitative estimate of drug-likeness (QED) is 0.165. The average Bonchev–Trinajstić information content (AvgIpc) is 4.35. The van der Waals surface area contributed by atoms with Crippen LogP contribution in [-0.2, 0) is 0 Å². The third-order valence-corrected chi connectivity index (χ3v) is 16.5. The summed E-state index contributed by atoms with van der Waals surface area (Å²) in [7, 11) is 0. The number of fused-ring (bicyclic) bond motifs is 24. The molecule has 0 bridgehead atoms.